The fourth-order valence-corrected chi connectivity index (χ4v) is 4.25. The number of rotatable bonds is 5. The lowest BCUT2D eigenvalue weighted by molar-refractivity contribution is 0.311. The van der Waals surface area contributed by atoms with Gasteiger partial charge in [-0.1, -0.05) is 5.21 Å². The second-order valence-corrected chi connectivity index (χ2v) is 7.75. The summed E-state index contributed by atoms with van der Waals surface area (Å²) >= 11 is 0. The van der Waals surface area contributed by atoms with Crippen LogP contribution < -0.4 is 5.32 Å². The number of aryl methyl sites for hydroxylation is 1. The first-order chi connectivity index (χ1) is 13.8. The van der Waals surface area contributed by atoms with Crippen LogP contribution in [0.1, 0.15) is 48.7 Å². The molecular formula is C20H24N8. The maximum absolute atomic E-state index is 4.51. The summed E-state index contributed by atoms with van der Waals surface area (Å²) < 4.78 is 1.81. The highest BCUT2D eigenvalue weighted by Crippen LogP contribution is 2.37. The lowest BCUT2D eigenvalue weighted by Gasteiger charge is -2.27. The van der Waals surface area contributed by atoms with Gasteiger partial charge in [0, 0.05) is 36.4 Å². The van der Waals surface area contributed by atoms with E-state index in [9.17, 15) is 0 Å². The number of aromatic amines is 1. The standard InChI is InChI=1S/C20H24N8/c1-13-8-24-16(11-23-13)10-21-9-14-2-4-15(5-3-14)18-19-17-6-7-22-20(17)25-12-28(19)27-26-18/h6-8,11-12,14-15,21-22H,2-5,9-10H2,1H3. The van der Waals surface area contributed by atoms with Crippen LogP contribution in [0.4, 0.5) is 0 Å². The molecule has 0 aromatic carbocycles. The van der Waals surface area contributed by atoms with Crippen LogP contribution in [0.2, 0.25) is 0 Å². The van der Waals surface area contributed by atoms with E-state index in [2.05, 4.69) is 41.6 Å². The molecule has 8 heteroatoms. The molecule has 4 heterocycles. The summed E-state index contributed by atoms with van der Waals surface area (Å²) in [7, 11) is 0. The van der Waals surface area contributed by atoms with Gasteiger partial charge in [0.1, 0.15) is 17.5 Å². The molecule has 144 valence electrons. The quantitative estimate of drug-likeness (QED) is 0.556. The van der Waals surface area contributed by atoms with Crippen molar-refractivity contribution >= 4 is 16.6 Å². The number of hydrogen-bond donors (Lipinski definition) is 2. The number of fused-ring (bicyclic) bond motifs is 3. The van der Waals surface area contributed by atoms with Gasteiger partial charge >= 0.3 is 0 Å². The molecule has 28 heavy (non-hydrogen) atoms. The van der Waals surface area contributed by atoms with E-state index in [4.69, 9.17) is 0 Å². The Bertz CT molecular complexity index is 1070. The third-order valence-corrected chi connectivity index (χ3v) is 5.80. The second-order valence-electron chi connectivity index (χ2n) is 7.75. The van der Waals surface area contributed by atoms with Crippen LogP contribution in [0.5, 0.6) is 0 Å². The summed E-state index contributed by atoms with van der Waals surface area (Å²) in [6.45, 7) is 3.76. The van der Waals surface area contributed by atoms with Gasteiger partial charge in [-0.15, -0.1) is 5.10 Å². The Hall–Kier alpha value is -2.87. The van der Waals surface area contributed by atoms with E-state index < -0.39 is 0 Å². The lowest BCUT2D eigenvalue weighted by Crippen LogP contribution is -2.26. The van der Waals surface area contributed by atoms with Crippen LogP contribution in [0, 0.1) is 12.8 Å². The molecule has 8 nitrogen and oxygen atoms in total. The zero-order valence-corrected chi connectivity index (χ0v) is 16.0. The van der Waals surface area contributed by atoms with Crippen molar-refractivity contribution in [1.29, 1.82) is 0 Å². The van der Waals surface area contributed by atoms with Crippen LogP contribution in [-0.4, -0.2) is 41.3 Å². The minimum Gasteiger partial charge on any atom is -0.346 e. The Kier molecular flexibility index (Phi) is 4.48. The Morgan fingerprint density at radius 1 is 1.14 bits per heavy atom. The minimum atomic E-state index is 0.470. The molecule has 4 aromatic rings. The average molecular weight is 376 g/mol. The summed E-state index contributed by atoms with van der Waals surface area (Å²) in [5.41, 5.74) is 5.07. The third-order valence-electron chi connectivity index (χ3n) is 5.80. The summed E-state index contributed by atoms with van der Waals surface area (Å²) in [5.74, 6) is 1.17. The van der Waals surface area contributed by atoms with Crippen molar-refractivity contribution in [2.45, 2.75) is 45.1 Å². The summed E-state index contributed by atoms with van der Waals surface area (Å²) in [6, 6.07) is 2.06. The minimum absolute atomic E-state index is 0.470. The molecule has 0 radical (unpaired) electrons. The predicted molar refractivity (Wildman–Crippen MR) is 106 cm³/mol. The molecule has 1 aliphatic carbocycles. The Morgan fingerprint density at radius 3 is 2.86 bits per heavy atom. The van der Waals surface area contributed by atoms with Crippen LogP contribution in [0.25, 0.3) is 16.6 Å². The van der Waals surface area contributed by atoms with Crippen molar-refractivity contribution in [3.63, 3.8) is 0 Å². The Morgan fingerprint density at radius 2 is 2.04 bits per heavy atom. The molecule has 0 aliphatic heterocycles. The van der Waals surface area contributed by atoms with E-state index >= 15 is 0 Å². The highest BCUT2D eigenvalue weighted by Gasteiger charge is 2.26. The Balaban J connectivity index is 1.21. The number of H-pyrrole nitrogens is 1. The molecule has 0 spiro atoms. The SMILES string of the molecule is Cc1cnc(CNCC2CCC(c3nnn4cnc5[nH]ccc5c34)CC2)cn1. The van der Waals surface area contributed by atoms with Crippen molar-refractivity contribution in [2.75, 3.05) is 6.54 Å². The highest BCUT2D eigenvalue weighted by atomic mass is 15.4. The molecule has 0 saturated heterocycles. The molecule has 1 fully saturated rings. The van der Waals surface area contributed by atoms with Gasteiger partial charge in [0.2, 0.25) is 0 Å². The van der Waals surface area contributed by atoms with Crippen molar-refractivity contribution in [1.82, 2.24) is 40.1 Å². The number of aromatic nitrogens is 7. The lowest BCUT2D eigenvalue weighted by atomic mass is 9.80. The second kappa shape index (κ2) is 7.27. The molecule has 0 amide bonds. The first-order valence-electron chi connectivity index (χ1n) is 9.93. The van der Waals surface area contributed by atoms with Crippen LogP contribution in [-0.2, 0) is 6.54 Å². The zero-order chi connectivity index (χ0) is 18.9. The van der Waals surface area contributed by atoms with E-state index in [1.165, 1.54) is 12.8 Å². The van der Waals surface area contributed by atoms with Gasteiger partial charge < -0.3 is 10.3 Å². The molecule has 2 N–H and O–H groups in total. The fourth-order valence-electron chi connectivity index (χ4n) is 4.25. The molecule has 0 atom stereocenters. The average Bonchev–Trinajstić information content (AvgIpc) is 3.36. The van der Waals surface area contributed by atoms with Crippen LogP contribution in [0.15, 0.2) is 31.0 Å². The molecule has 1 saturated carbocycles. The maximum atomic E-state index is 4.51. The molecular weight excluding hydrogens is 352 g/mol. The molecule has 0 bridgehead atoms. The number of nitrogens with zero attached hydrogens (tertiary/aromatic N) is 6. The third kappa shape index (κ3) is 3.24. The van der Waals surface area contributed by atoms with E-state index in [-0.39, 0.29) is 0 Å². The van der Waals surface area contributed by atoms with Gasteiger partial charge in [0.15, 0.2) is 0 Å². The normalized spacial score (nSPS) is 20.2. The van der Waals surface area contributed by atoms with E-state index in [1.807, 2.05) is 30.0 Å². The van der Waals surface area contributed by atoms with Gasteiger partial charge in [-0.05, 0) is 51.1 Å². The van der Waals surface area contributed by atoms with E-state index in [1.54, 1.807) is 6.33 Å². The van der Waals surface area contributed by atoms with E-state index in [0.717, 1.165) is 59.6 Å². The largest absolute Gasteiger partial charge is 0.346 e. The summed E-state index contributed by atoms with van der Waals surface area (Å²) in [4.78, 5) is 16.3. The summed E-state index contributed by atoms with van der Waals surface area (Å²) in [6.07, 6.45) is 12.1. The molecule has 1 aliphatic rings. The van der Waals surface area contributed by atoms with Crippen LogP contribution >= 0.6 is 0 Å². The number of nitrogens with one attached hydrogen (secondary N) is 2. The first kappa shape index (κ1) is 17.2. The fraction of sp³-hybridized carbons (Fsp3) is 0.450. The molecule has 5 rings (SSSR count). The predicted octanol–water partition coefficient (Wildman–Crippen LogP) is 2.77. The smallest absolute Gasteiger partial charge is 0.141 e. The van der Waals surface area contributed by atoms with E-state index in [0.29, 0.717) is 11.8 Å². The topological polar surface area (TPSA) is 96.7 Å². The van der Waals surface area contributed by atoms with Gasteiger partial charge in [-0.25, -0.2) is 9.50 Å². The maximum Gasteiger partial charge on any atom is 0.141 e. The molecule has 0 unspecified atom stereocenters. The van der Waals surface area contributed by atoms with Crippen molar-refractivity contribution in [3.05, 3.63) is 48.1 Å². The van der Waals surface area contributed by atoms with Crippen molar-refractivity contribution in [3.8, 4) is 0 Å². The summed E-state index contributed by atoms with van der Waals surface area (Å²) in [5, 5.41) is 13.5. The van der Waals surface area contributed by atoms with Crippen molar-refractivity contribution in [2.24, 2.45) is 5.92 Å². The number of hydrogen-bond acceptors (Lipinski definition) is 6. The van der Waals surface area contributed by atoms with Gasteiger partial charge in [-0.2, -0.15) is 0 Å². The highest BCUT2D eigenvalue weighted by molar-refractivity contribution is 5.92. The molecule has 4 aromatic heterocycles. The van der Waals surface area contributed by atoms with Gasteiger partial charge in [-0.3, -0.25) is 9.97 Å². The zero-order valence-electron chi connectivity index (χ0n) is 16.0. The van der Waals surface area contributed by atoms with Gasteiger partial charge in [0.05, 0.1) is 17.1 Å². The van der Waals surface area contributed by atoms with Crippen LogP contribution in [0.3, 0.4) is 0 Å². The van der Waals surface area contributed by atoms with Crippen molar-refractivity contribution < 1.29 is 0 Å². The van der Waals surface area contributed by atoms with Gasteiger partial charge in [0.25, 0.3) is 0 Å². The monoisotopic (exact) mass is 376 g/mol. The Labute approximate surface area is 162 Å². The first-order valence-corrected chi connectivity index (χ1v) is 9.93.